The molecule has 0 radical (unpaired) electrons. The van der Waals surface area contributed by atoms with E-state index in [9.17, 15) is 0 Å². The van der Waals surface area contributed by atoms with Crippen molar-refractivity contribution >= 4 is 10.9 Å². The van der Waals surface area contributed by atoms with Crippen molar-refractivity contribution < 1.29 is 4.74 Å². The lowest BCUT2D eigenvalue weighted by Gasteiger charge is -1.98. The highest BCUT2D eigenvalue weighted by molar-refractivity contribution is 5.86. The standard InChI is InChI=1S/C10H12N2O.C2H6/c1-7-8-5-4-6-9(13-3)10(8)11-12(7)2;1-2/h4-6H,1-3H3;1-2H3. The molecule has 0 unspecified atom stereocenters. The van der Waals surface area contributed by atoms with Crippen LogP contribution < -0.4 is 4.74 Å². The first-order chi connectivity index (χ1) is 7.24. The summed E-state index contributed by atoms with van der Waals surface area (Å²) in [5.74, 6) is 0.834. The van der Waals surface area contributed by atoms with Gasteiger partial charge in [-0.15, -0.1) is 0 Å². The van der Waals surface area contributed by atoms with Crippen LogP contribution in [-0.2, 0) is 7.05 Å². The first-order valence-corrected chi connectivity index (χ1v) is 5.20. The average Bonchev–Trinajstić information content (AvgIpc) is 2.58. The molecular weight excluding hydrogens is 188 g/mol. The van der Waals surface area contributed by atoms with Crippen molar-refractivity contribution in [3.05, 3.63) is 23.9 Å². The minimum absolute atomic E-state index is 0.834. The van der Waals surface area contributed by atoms with Crippen LogP contribution in [0.4, 0.5) is 0 Å². The smallest absolute Gasteiger partial charge is 0.146 e. The number of benzene rings is 1. The fourth-order valence-electron chi connectivity index (χ4n) is 1.48. The third-order valence-electron chi connectivity index (χ3n) is 2.34. The number of aromatic nitrogens is 2. The Morgan fingerprint density at radius 3 is 2.53 bits per heavy atom. The average molecular weight is 206 g/mol. The number of hydrogen-bond acceptors (Lipinski definition) is 2. The molecule has 82 valence electrons. The summed E-state index contributed by atoms with van der Waals surface area (Å²) in [5.41, 5.74) is 2.10. The number of aryl methyl sites for hydroxylation is 2. The van der Waals surface area contributed by atoms with Crippen molar-refractivity contribution in [2.75, 3.05) is 7.11 Å². The third kappa shape index (κ3) is 1.96. The molecule has 2 aromatic rings. The topological polar surface area (TPSA) is 27.1 Å². The van der Waals surface area contributed by atoms with Gasteiger partial charge in [0.25, 0.3) is 0 Å². The first kappa shape index (κ1) is 11.6. The highest BCUT2D eigenvalue weighted by Crippen LogP contribution is 2.25. The summed E-state index contributed by atoms with van der Waals surface area (Å²) < 4.78 is 7.09. The van der Waals surface area contributed by atoms with Crippen LogP contribution in [0.25, 0.3) is 10.9 Å². The molecule has 1 aromatic heterocycles. The van der Waals surface area contributed by atoms with E-state index >= 15 is 0 Å². The predicted octanol–water partition coefficient (Wildman–Crippen LogP) is 2.92. The summed E-state index contributed by atoms with van der Waals surface area (Å²) in [4.78, 5) is 0. The zero-order valence-electron chi connectivity index (χ0n) is 10.0. The zero-order chi connectivity index (χ0) is 11.4. The molecule has 1 aromatic carbocycles. The molecule has 0 amide bonds. The highest BCUT2D eigenvalue weighted by atomic mass is 16.5. The van der Waals surface area contributed by atoms with Gasteiger partial charge in [-0.2, -0.15) is 5.10 Å². The Morgan fingerprint density at radius 2 is 1.93 bits per heavy atom. The van der Waals surface area contributed by atoms with Crippen molar-refractivity contribution in [3.8, 4) is 5.75 Å². The Morgan fingerprint density at radius 1 is 1.27 bits per heavy atom. The molecule has 0 aliphatic carbocycles. The Hall–Kier alpha value is -1.51. The van der Waals surface area contributed by atoms with Gasteiger partial charge in [-0.05, 0) is 13.0 Å². The van der Waals surface area contributed by atoms with Gasteiger partial charge in [0, 0.05) is 18.1 Å². The minimum Gasteiger partial charge on any atom is -0.494 e. The Bertz CT molecular complexity index is 446. The van der Waals surface area contributed by atoms with Gasteiger partial charge in [0.15, 0.2) is 0 Å². The zero-order valence-corrected chi connectivity index (χ0v) is 10.0. The highest BCUT2D eigenvalue weighted by Gasteiger charge is 2.07. The molecule has 3 heteroatoms. The van der Waals surface area contributed by atoms with Crippen molar-refractivity contribution in [3.63, 3.8) is 0 Å². The van der Waals surface area contributed by atoms with Crippen LogP contribution in [0, 0.1) is 6.92 Å². The first-order valence-electron chi connectivity index (χ1n) is 5.20. The molecule has 1 heterocycles. The van der Waals surface area contributed by atoms with Crippen LogP contribution in [-0.4, -0.2) is 16.9 Å². The van der Waals surface area contributed by atoms with E-state index in [1.807, 2.05) is 37.7 Å². The van der Waals surface area contributed by atoms with Crippen LogP contribution in [0.3, 0.4) is 0 Å². The molecule has 2 rings (SSSR count). The largest absolute Gasteiger partial charge is 0.494 e. The fourth-order valence-corrected chi connectivity index (χ4v) is 1.48. The summed E-state index contributed by atoms with van der Waals surface area (Å²) in [7, 11) is 3.60. The van der Waals surface area contributed by atoms with Crippen molar-refractivity contribution in [1.29, 1.82) is 0 Å². The van der Waals surface area contributed by atoms with Gasteiger partial charge in [-0.25, -0.2) is 0 Å². The lowest BCUT2D eigenvalue weighted by atomic mass is 10.2. The summed E-state index contributed by atoms with van der Waals surface area (Å²) >= 11 is 0. The van der Waals surface area contributed by atoms with Gasteiger partial charge in [0.1, 0.15) is 11.3 Å². The second kappa shape index (κ2) is 4.82. The number of methoxy groups -OCH3 is 1. The third-order valence-corrected chi connectivity index (χ3v) is 2.34. The molecule has 0 aliphatic rings. The fraction of sp³-hybridized carbons (Fsp3) is 0.417. The van der Waals surface area contributed by atoms with E-state index in [4.69, 9.17) is 4.74 Å². The second-order valence-electron chi connectivity index (χ2n) is 3.07. The Labute approximate surface area is 90.7 Å². The number of hydrogen-bond donors (Lipinski definition) is 0. The molecule has 0 saturated heterocycles. The molecule has 0 saturated carbocycles. The van der Waals surface area contributed by atoms with E-state index in [-0.39, 0.29) is 0 Å². The molecule has 0 spiro atoms. The van der Waals surface area contributed by atoms with E-state index in [0.29, 0.717) is 0 Å². The summed E-state index contributed by atoms with van der Waals surface area (Å²) in [6.07, 6.45) is 0. The molecule has 0 N–H and O–H groups in total. The van der Waals surface area contributed by atoms with Gasteiger partial charge in [0.2, 0.25) is 0 Å². The van der Waals surface area contributed by atoms with E-state index in [1.54, 1.807) is 7.11 Å². The maximum atomic E-state index is 5.22. The van der Waals surface area contributed by atoms with Crippen molar-refractivity contribution in [2.45, 2.75) is 20.8 Å². The van der Waals surface area contributed by atoms with E-state index in [2.05, 4.69) is 18.1 Å². The molecular formula is C12H18N2O. The van der Waals surface area contributed by atoms with Gasteiger partial charge >= 0.3 is 0 Å². The van der Waals surface area contributed by atoms with Crippen LogP contribution in [0.15, 0.2) is 18.2 Å². The van der Waals surface area contributed by atoms with Crippen LogP contribution in [0.2, 0.25) is 0 Å². The Balaban J connectivity index is 0.000000531. The van der Waals surface area contributed by atoms with Crippen molar-refractivity contribution in [1.82, 2.24) is 9.78 Å². The lowest BCUT2D eigenvalue weighted by molar-refractivity contribution is 0.418. The van der Waals surface area contributed by atoms with Crippen LogP contribution in [0.1, 0.15) is 19.5 Å². The van der Waals surface area contributed by atoms with Crippen LogP contribution >= 0.6 is 0 Å². The van der Waals surface area contributed by atoms with E-state index < -0.39 is 0 Å². The number of fused-ring (bicyclic) bond motifs is 1. The predicted molar refractivity (Wildman–Crippen MR) is 63.4 cm³/mol. The molecule has 3 nitrogen and oxygen atoms in total. The normalized spacial score (nSPS) is 9.67. The quantitative estimate of drug-likeness (QED) is 0.717. The SMILES string of the molecule is CC.COc1cccc2c(C)n(C)nc12. The summed E-state index contributed by atoms with van der Waals surface area (Å²) in [5, 5.41) is 5.53. The number of nitrogens with zero attached hydrogens (tertiary/aromatic N) is 2. The van der Waals surface area contributed by atoms with E-state index in [1.165, 1.54) is 0 Å². The van der Waals surface area contributed by atoms with Crippen LogP contribution in [0.5, 0.6) is 5.75 Å². The van der Waals surface area contributed by atoms with Gasteiger partial charge in [-0.3, -0.25) is 4.68 Å². The minimum atomic E-state index is 0.834. The molecule has 0 atom stereocenters. The van der Waals surface area contributed by atoms with Crippen molar-refractivity contribution in [2.24, 2.45) is 7.05 Å². The van der Waals surface area contributed by atoms with E-state index in [0.717, 1.165) is 22.3 Å². The molecule has 0 fully saturated rings. The van der Waals surface area contributed by atoms with Gasteiger partial charge in [0.05, 0.1) is 7.11 Å². The van der Waals surface area contributed by atoms with Gasteiger partial charge < -0.3 is 4.74 Å². The second-order valence-corrected chi connectivity index (χ2v) is 3.07. The molecule has 15 heavy (non-hydrogen) atoms. The maximum Gasteiger partial charge on any atom is 0.146 e. The maximum absolute atomic E-state index is 5.22. The molecule has 0 bridgehead atoms. The number of ether oxygens (including phenoxy) is 1. The molecule has 0 aliphatic heterocycles. The summed E-state index contributed by atoms with van der Waals surface area (Å²) in [6.45, 7) is 6.05. The monoisotopic (exact) mass is 206 g/mol. The number of rotatable bonds is 1. The van der Waals surface area contributed by atoms with Gasteiger partial charge in [-0.1, -0.05) is 26.0 Å². The summed E-state index contributed by atoms with van der Waals surface area (Å²) in [6, 6.07) is 5.96. The Kier molecular flexibility index (Phi) is 3.72. The lowest BCUT2D eigenvalue weighted by Crippen LogP contribution is -1.91.